The molecule has 1 heterocycles. The highest BCUT2D eigenvalue weighted by atomic mass is 35.5. The van der Waals surface area contributed by atoms with Crippen LogP contribution >= 0.6 is 11.6 Å². The Bertz CT molecular complexity index is 568. The molecule has 0 bridgehead atoms. The molecule has 1 saturated heterocycles. The van der Waals surface area contributed by atoms with Gasteiger partial charge in [-0.2, -0.15) is 0 Å². The summed E-state index contributed by atoms with van der Waals surface area (Å²) in [5.74, 6) is -1.98. The lowest BCUT2D eigenvalue weighted by atomic mass is 10.0. The molecule has 0 radical (unpaired) electrons. The average molecular weight is 312 g/mol. The van der Waals surface area contributed by atoms with E-state index in [1.54, 1.807) is 0 Å². The number of amides is 1. The Hall–Kier alpha value is -1.88. The molecule has 2 rings (SSSR count). The van der Waals surface area contributed by atoms with E-state index in [-0.39, 0.29) is 10.6 Å². The quantitative estimate of drug-likeness (QED) is 0.873. The molecule has 1 aliphatic heterocycles. The third kappa shape index (κ3) is 3.61. The minimum absolute atomic E-state index is 0.122. The van der Waals surface area contributed by atoms with Crippen LogP contribution in [0.4, 0.5) is 4.39 Å². The first-order valence-corrected chi connectivity index (χ1v) is 7.04. The number of carbonyl (C=O) groups is 2. The minimum atomic E-state index is -1.01. The third-order valence-corrected chi connectivity index (χ3v) is 3.79. The van der Waals surface area contributed by atoms with Crippen molar-refractivity contribution in [1.29, 1.82) is 0 Å². The van der Waals surface area contributed by atoms with Gasteiger partial charge < -0.3 is 10.0 Å². The van der Waals surface area contributed by atoms with Gasteiger partial charge in [0.05, 0.1) is 5.02 Å². The average Bonchev–Trinajstić information content (AvgIpc) is 2.46. The molecular formula is C15H15ClFNO3. The molecule has 0 aromatic heterocycles. The van der Waals surface area contributed by atoms with Gasteiger partial charge in [0.2, 0.25) is 5.91 Å². The Kier molecular flexibility index (Phi) is 4.96. The Morgan fingerprint density at radius 1 is 1.38 bits per heavy atom. The van der Waals surface area contributed by atoms with E-state index in [0.717, 1.165) is 12.8 Å². The zero-order valence-corrected chi connectivity index (χ0v) is 12.0. The van der Waals surface area contributed by atoms with Crippen LogP contribution in [0.3, 0.4) is 0 Å². The molecule has 1 atom stereocenters. The van der Waals surface area contributed by atoms with Gasteiger partial charge in [0.1, 0.15) is 11.9 Å². The summed E-state index contributed by atoms with van der Waals surface area (Å²) in [5.41, 5.74) is 0.122. The number of carbonyl (C=O) groups excluding carboxylic acids is 1. The number of piperidine rings is 1. The van der Waals surface area contributed by atoms with Crippen LogP contribution in [0.25, 0.3) is 6.08 Å². The summed E-state index contributed by atoms with van der Waals surface area (Å²) in [5, 5.41) is 9.33. The number of carboxylic acids is 1. The van der Waals surface area contributed by atoms with E-state index in [4.69, 9.17) is 16.7 Å². The van der Waals surface area contributed by atoms with E-state index in [9.17, 15) is 14.0 Å². The lowest BCUT2D eigenvalue weighted by molar-refractivity contribution is -0.150. The van der Waals surface area contributed by atoms with Gasteiger partial charge in [-0.15, -0.1) is 0 Å². The molecule has 21 heavy (non-hydrogen) atoms. The number of hydrogen-bond acceptors (Lipinski definition) is 2. The summed E-state index contributed by atoms with van der Waals surface area (Å²) >= 11 is 5.87. The highest BCUT2D eigenvalue weighted by Gasteiger charge is 2.30. The largest absolute Gasteiger partial charge is 0.480 e. The summed E-state index contributed by atoms with van der Waals surface area (Å²) in [6, 6.07) is 3.43. The maximum absolute atomic E-state index is 13.6. The number of nitrogens with zero attached hydrogens (tertiary/aromatic N) is 1. The van der Waals surface area contributed by atoms with Crippen molar-refractivity contribution >= 4 is 29.6 Å². The molecule has 1 fully saturated rings. The van der Waals surface area contributed by atoms with Crippen molar-refractivity contribution in [1.82, 2.24) is 4.90 Å². The van der Waals surface area contributed by atoms with Crippen LogP contribution in [0.15, 0.2) is 24.3 Å². The molecule has 1 aromatic rings. The van der Waals surface area contributed by atoms with Crippen molar-refractivity contribution in [2.75, 3.05) is 6.54 Å². The maximum Gasteiger partial charge on any atom is 0.326 e. The van der Waals surface area contributed by atoms with Crippen molar-refractivity contribution in [2.24, 2.45) is 0 Å². The smallest absolute Gasteiger partial charge is 0.326 e. The topological polar surface area (TPSA) is 57.6 Å². The van der Waals surface area contributed by atoms with Gasteiger partial charge in [-0.3, -0.25) is 4.79 Å². The Morgan fingerprint density at radius 2 is 2.14 bits per heavy atom. The molecule has 6 heteroatoms. The van der Waals surface area contributed by atoms with Crippen LogP contribution < -0.4 is 0 Å². The molecule has 1 amide bonds. The molecule has 0 saturated carbocycles. The number of benzene rings is 1. The molecular weight excluding hydrogens is 297 g/mol. The van der Waals surface area contributed by atoms with Crippen LogP contribution in [0, 0.1) is 5.82 Å². The standard InChI is InChI=1S/C15H15ClFNO3/c16-11-4-3-5-12(17)10(11)7-8-14(19)18-9-2-1-6-13(18)15(20)21/h3-5,7-8,13H,1-2,6,9H2,(H,20,21)/t13-/m0/s1. The molecule has 1 aromatic carbocycles. The number of hydrogen-bond donors (Lipinski definition) is 1. The zero-order valence-electron chi connectivity index (χ0n) is 11.3. The summed E-state index contributed by atoms with van der Waals surface area (Å²) in [7, 11) is 0. The summed E-state index contributed by atoms with van der Waals surface area (Å²) in [6.45, 7) is 0.394. The normalized spacial score (nSPS) is 19.0. The number of likely N-dealkylation sites (tertiary alicyclic amines) is 1. The molecule has 0 spiro atoms. The number of halogens is 2. The van der Waals surface area contributed by atoms with E-state index in [0.29, 0.717) is 13.0 Å². The highest BCUT2D eigenvalue weighted by Crippen LogP contribution is 2.21. The first kappa shape index (κ1) is 15.5. The van der Waals surface area contributed by atoms with Crippen LogP contribution in [0.1, 0.15) is 24.8 Å². The molecule has 0 aliphatic carbocycles. The van der Waals surface area contributed by atoms with Crippen molar-refractivity contribution in [2.45, 2.75) is 25.3 Å². The predicted octanol–water partition coefficient (Wildman–Crippen LogP) is 2.96. The van der Waals surface area contributed by atoms with Crippen molar-refractivity contribution in [3.8, 4) is 0 Å². The first-order valence-electron chi connectivity index (χ1n) is 6.66. The van der Waals surface area contributed by atoms with Gasteiger partial charge in [0, 0.05) is 18.2 Å². The fraction of sp³-hybridized carbons (Fsp3) is 0.333. The second-order valence-electron chi connectivity index (χ2n) is 4.85. The van der Waals surface area contributed by atoms with Crippen LogP contribution in [-0.4, -0.2) is 34.5 Å². The molecule has 1 aliphatic rings. The van der Waals surface area contributed by atoms with E-state index >= 15 is 0 Å². The summed E-state index contributed by atoms with van der Waals surface area (Å²) in [4.78, 5) is 24.6. The molecule has 1 N–H and O–H groups in total. The fourth-order valence-electron chi connectivity index (χ4n) is 2.37. The van der Waals surface area contributed by atoms with E-state index in [1.165, 1.54) is 35.3 Å². The predicted molar refractivity (Wildman–Crippen MR) is 77.4 cm³/mol. The van der Waals surface area contributed by atoms with Gasteiger partial charge in [-0.1, -0.05) is 17.7 Å². The fourth-order valence-corrected chi connectivity index (χ4v) is 2.60. The Balaban J connectivity index is 2.16. The van der Waals surface area contributed by atoms with Crippen LogP contribution in [-0.2, 0) is 9.59 Å². The van der Waals surface area contributed by atoms with E-state index < -0.39 is 23.7 Å². The van der Waals surface area contributed by atoms with Gasteiger partial charge in [0.25, 0.3) is 0 Å². The Morgan fingerprint density at radius 3 is 2.81 bits per heavy atom. The van der Waals surface area contributed by atoms with Crippen molar-refractivity contribution in [3.63, 3.8) is 0 Å². The summed E-state index contributed by atoms with van der Waals surface area (Å²) in [6.07, 6.45) is 4.45. The zero-order chi connectivity index (χ0) is 15.4. The number of rotatable bonds is 3. The van der Waals surface area contributed by atoms with Crippen LogP contribution in [0.2, 0.25) is 5.02 Å². The molecule has 0 unspecified atom stereocenters. The highest BCUT2D eigenvalue weighted by molar-refractivity contribution is 6.32. The SMILES string of the molecule is O=C(O)[C@@H]1CCCCN1C(=O)C=Cc1c(F)cccc1Cl. The molecule has 112 valence electrons. The number of carboxylic acid groups (broad SMARTS) is 1. The van der Waals surface area contributed by atoms with E-state index in [2.05, 4.69) is 0 Å². The second-order valence-corrected chi connectivity index (χ2v) is 5.26. The van der Waals surface area contributed by atoms with Gasteiger partial charge in [0.15, 0.2) is 0 Å². The van der Waals surface area contributed by atoms with E-state index in [1.807, 2.05) is 0 Å². The molecule has 4 nitrogen and oxygen atoms in total. The lowest BCUT2D eigenvalue weighted by Gasteiger charge is -2.32. The third-order valence-electron chi connectivity index (χ3n) is 3.46. The van der Waals surface area contributed by atoms with Crippen LogP contribution in [0.5, 0.6) is 0 Å². The van der Waals surface area contributed by atoms with Gasteiger partial charge in [-0.05, 0) is 37.5 Å². The maximum atomic E-state index is 13.6. The number of aliphatic carboxylic acids is 1. The van der Waals surface area contributed by atoms with Gasteiger partial charge >= 0.3 is 5.97 Å². The van der Waals surface area contributed by atoms with Crippen molar-refractivity contribution < 1.29 is 19.1 Å². The summed E-state index contributed by atoms with van der Waals surface area (Å²) < 4.78 is 13.6. The van der Waals surface area contributed by atoms with Crippen molar-refractivity contribution in [3.05, 3.63) is 40.7 Å². The lowest BCUT2D eigenvalue weighted by Crippen LogP contribution is -2.47. The second kappa shape index (κ2) is 6.72. The van der Waals surface area contributed by atoms with Gasteiger partial charge in [-0.25, -0.2) is 9.18 Å². The monoisotopic (exact) mass is 311 g/mol. The minimum Gasteiger partial charge on any atom is -0.480 e. The first-order chi connectivity index (χ1) is 10.0. The Labute approximate surface area is 126 Å².